The van der Waals surface area contributed by atoms with Crippen molar-refractivity contribution < 1.29 is 34.1 Å². The molecule has 0 saturated carbocycles. The number of methoxy groups -OCH3 is 1. The predicted octanol–water partition coefficient (Wildman–Crippen LogP) is 6.39. The second-order valence-electron chi connectivity index (χ2n) is 12.2. The van der Waals surface area contributed by atoms with Gasteiger partial charge in [0.2, 0.25) is 11.8 Å². The smallest absolute Gasteiger partial charge is 0.247 e. The average Bonchev–Trinajstić information content (AvgIpc) is 3.46. The Hall–Kier alpha value is -3.11. The summed E-state index contributed by atoms with van der Waals surface area (Å²) in [4.78, 5) is 40.9. The second-order valence-corrected chi connectivity index (χ2v) is 13.1. The summed E-state index contributed by atoms with van der Waals surface area (Å²) in [5.74, 6) is -0.805. The maximum Gasteiger partial charge on any atom is 0.247 e. The van der Waals surface area contributed by atoms with Gasteiger partial charge in [-0.15, -0.1) is 0 Å². The standard InChI is InChI=1S/C36H46Cl2N2O7/c1-3-4-5-6-7-8-9-10-11-12-31(43)40(21-24-13-14-25(37)19-28(24)38)29-20-27(36(45)39-15-16-41)32-26-17-23(22-42)18-30(46-2)34(26)47-35(32)33(29)44/h13-14,17-20,22,29,32-33,35,41,44H,3-12,15-16,21H2,1-2H3,(H,39,45)/t29-,32+,33+,35+/m1/s1. The molecule has 0 aromatic heterocycles. The number of aliphatic hydroxyl groups excluding tert-OH is 2. The Bertz CT molecular complexity index is 1430. The molecule has 0 unspecified atom stereocenters. The summed E-state index contributed by atoms with van der Waals surface area (Å²) in [5, 5.41) is 24.9. The SMILES string of the molecule is CCCCCCCCCCCC(=O)N(Cc1ccc(Cl)cc1Cl)[C@@H]1C=C(C(=O)NCCO)[C@@H]2c3cc(C=O)cc(OC)c3O[C@@H]2[C@H]1O. The third-order valence-electron chi connectivity index (χ3n) is 8.94. The van der Waals surface area contributed by atoms with E-state index >= 15 is 0 Å². The lowest BCUT2D eigenvalue weighted by Gasteiger charge is -2.41. The van der Waals surface area contributed by atoms with Gasteiger partial charge in [-0.3, -0.25) is 14.4 Å². The summed E-state index contributed by atoms with van der Waals surface area (Å²) in [6, 6.07) is 7.24. The van der Waals surface area contributed by atoms with E-state index in [1.54, 1.807) is 35.2 Å². The number of nitrogens with one attached hydrogen (secondary N) is 1. The van der Waals surface area contributed by atoms with Crippen molar-refractivity contribution in [3.63, 3.8) is 0 Å². The first-order valence-corrected chi connectivity index (χ1v) is 17.4. The van der Waals surface area contributed by atoms with Gasteiger partial charge in [-0.2, -0.15) is 0 Å². The fourth-order valence-corrected chi connectivity index (χ4v) is 6.95. The van der Waals surface area contributed by atoms with Crippen LogP contribution in [0.4, 0.5) is 0 Å². The summed E-state index contributed by atoms with van der Waals surface area (Å²) >= 11 is 12.7. The highest BCUT2D eigenvalue weighted by Gasteiger charge is 2.51. The first-order valence-electron chi connectivity index (χ1n) is 16.6. The van der Waals surface area contributed by atoms with Crippen LogP contribution in [0.5, 0.6) is 11.5 Å². The molecule has 1 heterocycles. The van der Waals surface area contributed by atoms with Gasteiger partial charge >= 0.3 is 0 Å². The van der Waals surface area contributed by atoms with Gasteiger partial charge in [-0.25, -0.2) is 0 Å². The molecule has 9 nitrogen and oxygen atoms in total. The molecule has 3 N–H and O–H groups in total. The number of hydrogen-bond donors (Lipinski definition) is 3. The quantitative estimate of drug-likeness (QED) is 0.122. The van der Waals surface area contributed by atoms with Crippen LogP contribution in [-0.2, 0) is 16.1 Å². The van der Waals surface area contributed by atoms with Crippen LogP contribution >= 0.6 is 23.2 Å². The number of rotatable bonds is 18. The molecule has 2 aromatic carbocycles. The topological polar surface area (TPSA) is 125 Å². The Morgan fingerprint density at radius 2 is 1.74 bits per heavy atom. The van der Waals surface area contributed by atoms with Gasteiger partial charge in [0.25, 0.3) is 0 Å². The number of carbonyl (C=O) groups is 3. The van der Waals surface area contributed by atoms with Crippen molar-refractivity contribution in [3.8, 4) is 11.5 Å². The Morgan fingerprint density at radius 3 is 2.38 bits per heavy atom. The van der Waals surface area contributed by atoms with Crippen LogP contribution in [0.1, 0.15) is 98.5 Å². The number of amides is 2. The molecule has 11 heteroatoms. The van der Waals surface area contributed by atoms with Crippen molar-refractivity contribution in [3.05, 3.63) is 68.7 Å². The summed E-state index contributed by atoms with van der Waals surface area (Å²) in [6.07, 6.45) is 10.3. The number of aliphatic hydroxyl groups is 2. The van der Waals surface area contributed by atoms with Crippen LogP contribution in [0.2, 0.25) is 10.0 Å². The van der Waals surface area contributed by atoms with Gasteiger partial charge in [0.15, 0.2) is 11.5 Å². The zero-order chi connectivity index (χ0) is 33.9. The number of hydrogen-bond acceptors (Lipinski definition) is 7. The van der Waals surface area contributed by atoms with E-state index in [9.17, 15) is 24.6 Å². The Labute approximate surface area is 287 Å². The van der Waals surface area contributed by atoms with E-state index in [0.717, 1.165) is 19.3 Å². The van der Waals surface area contributed by atoms with Crippen molar-refractivity contribution >= 4 is 41.3 Å². The van der Waals surface area contributed by atoms with Crippen LogP contribution in [0.25, 0.3) is 0 Å². The molecule has 1 aliphatic heterocycles. The Kier molecular flexibility index (Phi) is 14.0. The van der Waals surface area contributed by atoms with E-state index < -0.39 is 30.1 Å². The number of nitrogens with zero attached hydrogens (tertiary/aromatic N) is 1. The fourth-order valence-electron chi connectivity index (χ4n) is 6.48. The molecule has 47 heavy (non-hydrogen) atoms. The number of fused-ring (bicyclic) bond motifs is 3. The third kappa shape index (κ3) is 9.08. The summed E-state index contributed by atoms with van der Waals surface area (Å²) < 4.78 is 11.8. The molecule has 0 spiro atoms. The monoisotopic (exact) mass is 688 g/mol. The summed E-state index contributed by atoms with van der Waals surface area (Å²) in [5.41, 5.74) is 1.74. The largest absolute Gasteiger partial charge is 0.493 e. The summed E-state index contributed by atoms with van der Waals surface area (Å²) in [6.45, 7) is 2.01. The molecule has 2 aromatic rings. The van der Waals surface area contributed by atoms with Crippen LogP contribution < -0.4 is 14.8 Å². The van der Waals surface area contributed by atoms with Gasteiger partial charge in [-0.1, -0.05) is 87.6 Å². The van der Waals surface area contributed by atoms with Crippen molar-refractivity contribution in [2.45, 2.75) is 102 Å². The second kappa shape index (κ2) is 17.9. The first-order chi connectivity index (χ1) is 22.7. The van der Waals surface area contributed by atoms with E-state index in [1.807, 2.05) is 0 Å². The molecule has 0 saturated heterocycles. The van der Waals surface area contributed by atoms with Crippen LogP contribution in [-0.4, -0.2) is 71.7 Å². The fraction of sp³-hybridized carbons (Fsp3) is 0.528. The number of halogens is 2. The van der Waals surface area contributed by atoms with Crippen molar-refractivity contribution in [1.29, 1.82) is 0 Å². The van der Waals surface area contributed by atoms with Gasteiger partial charge in [0.05, 0.1) is 25.7 Å². The molecule has 0 bridgehead atoms. The molecule has 2 amide bonds. The van der Waals surface area contributed by atoms with E-state index in [1.165, 1.54) is 45.3 Å². The van der Waals surface area contributed by atoms with Gasteiger partial charge < -0.3 is 29.9 Å². The highest BCUT2D eigenvalue weighted by Crippen LogP contribution is 2.51. The average molecular weight is 690 g/mol. The summed E-state index contributed by atoms with van der Waals surface area (Å²) in [7, 11) is 1.45. The van der Waals surface area contributed by atoms with E-state index in [4.69, 9.17) is 32.7 Å². The van der Waals surface area contributed by atoms with Crippen LogP contribution in [0.3, 0.4) is 0 Å². The molecule has 4 rings (SSSR count). The third-order valence-corrected chi connectivity index (χ3v) is 9.53. The molecule has 1 aliphatic carbocycles. The Morgan fingerprint density at radius 1 is 1.04 bits per heavy atom. The predicted molar refractivity (Wildman–Crippen MR) is 182 cm³/mol. The molecule has 256 valence electrons. The van der Waals surface area contributed by atoms with E-state index in [0.29, 0.717) is 50.9 Å². The molecule has 0 fully saturated rings. The van der Waals surface area contributed by atoms with Crippen LogP contribution in [0, 0.1) is 0 Å². The molecule has 2 aliphatic rings. The highest BCUT2D eigenvalue weighted by molar-refractivity contribution is 6.35. The van der Waals surface area contributed by atoms with Gasteiger partial charge in [-0.05, 0) is 42.3 Å². The molecular weight excluding hydrogens is 643 g/mol. The van der Waals surface area contributed by atoms with Gasteiger partial charge in [0, 0.05) is 46.3 Å². The van der Waals surface area contributed by atoms with Crippen LogP contribution in [0.15, 0.2) is 42.0 Å². The zero-order valence-corrected chi connectivity index (χ0v) is 28.7. The van der Waals surface area contributed by atoms with Crippen molar-refractivity contribution in [2.24, 2.45) is 0 Å². The van der Waals surface area contributed by atoms with Crippen molar-refractivity contribution in [1.82, 2.24) is 10.2 Å². The molecule has 0 radical (unpaired) electrons. The van der Waals surface area contributed by atoms with E-state index in [-0.39, 0.29) is 37.6 Å². The van der Waals surface area contributed by atoms with Crippen molar-refractivity contribution in [2.75, 3.05) is 20.3 Å². The molecule has 4 atom stereocenters. The lowest BCUT2D eigenvalue weighted by atomic mass is 9.77. The first kappa shape index (κ1) is 36.7. The maximum atomic E-state index is 14.0. The Balaban J connectivity index is 1.65. The lowest BCUT2D eigenvalue weighted by Crippen LogP contribution is -2.55. The maximum absolute atomic E-state index is 14.0. The lowest BCUT2D eigenvalue weighted by molar-refractivity contribution is -0.138. The molecular formula is C36H46Cl2N2O7. The van der Waals surface area contributed by atoms with E-state index in [2.05, 4.69) is 12.2 Å². The number of unbranched alkanes of at least 4 members (excludes halogenated alkanes) is 8. The highest BCUT2D eigenvalue weighted by atomic mass is 35.5. The van der Waals surface area contributed by atoms with Gasteiger partial charge in [0.1, 0.15) is 18.5 Å². The minimum absolute atomic E-state index is 0.00776. The number of benzene rings is 2. The normalized spacial score (nSPS) is 19.7. The number of aldehydes is 1. The number of carbonyl (C=O) groups excluding carboxylic acids is 3. The zero-order valence-electron chi connectivity index (χ0n) is 27.2. The number of ether oxygens (including phenoxy) is 2. The minimum atomic E-state index is -1.25. The minimum Gasteiger partial charge on any atom is -0.493 e.